The molecule has 4 nitrogen and oxygen atoms in total. The number of nitrogens with one attached hydrogen (secondary N) is 1. The predicted octanol–water partition coefficient (Wildman–Crippen LogP) is 4.97. The lowest BCUT2D eigenvalue weighted by Gasteiger charge is -2.11. The first-order valence-electron chi connectivity index (χ1n) is 8.32. The molecule has 2 heterocycles. The predicted molar refractivity (Wildman–Crippen MR) is 99.6 cm³/mol. The van der Waals surface area contributed by atoms with Crippen LogP contribution in [0.5, 0.6) is 0 Å². The third kappa shape index (κ3) is 2.66. The van der Waals surface area contributed by atoms with Gasteiger partial charge in [-0.05, 0) is 17.5 Å². The fourth-order valence-electron chi connectivity index (χ4n) is 3.06. The van der Waals surface area contributed by atoms with E-state index in [-0.39, 0.29) is 11.5 Å². The molecule has 2 aromatic carbocycles. The van der Waals surface area contributed by atoms with E-state index in [0.29, 0.717) is 11.3 Å². The molecule has 2 aromatic heterocycles. The lowest BCUT2D eigenvalue weighted by Crippen LogP contribution is -2.10. The van der Waals surface area contributed by atoms with Crippen LogP contribution in [0.1, 0.15) is 25.5 Å². The van der Waals surface area contributed by atoms with Crippen molar-refractivity contribution in [1.82, 2.24) is 10.1 Å². The molecule has 0 aliphatic carbocycles. The van der Waals surface area contributed by atoms with Crippen LogP contribution >= 0.6 is 0 Å². The normalized spacial score (nSPS) is 11.3. The van der Waals surface area contributed by atoms with Gasteiger partial charge in [0.15, 0.2) is 5.76 Å². The highest BCUT2D eigenvalue weighted by Gasteiger charge is 2.20. The Hall–Kier alpha value is -3.14. The van der Waals surface area contributed by atoms with E-state index < -0.39 is 0 Å². The minimum absolute atomic E-state index is 0.177. The molecule has 4 aromatic rings. The summed E-state index contributed by atoms with van der Waals surface area (Å²) in [5, 5.41) is 5.10. The number of pyridine rings is 1. The van der Waals surface area contributed by atoms with Crippen LogP contribution in [0.2, 0.25) is 0 Å². The highest BCUT2D eigenvalue weighted by molar-refractivity contribution is 6.01. The van der Waals surface area contributed by atoms with E-state index in [2.05, 4.69) is 10.1 Å². The molecule has 0 aliphatic rings. The van der Waals surface area contributed by atoms with Gasteiger partial charge in [-0.25, -0.2) is 0 Å². The Morgan fingerprint density at radius 3 is 2.40 bits per heavy atom. The number of aromatic amines is 1. The first-order chi connectivity index (χ1) is 12.1. The molecule has 0 saturated heterocycles. The highest BCUT2D eigenvalue weighted by atomic mass is 16.5. The number of aromatic nitrogens is 2. The lowest BCUT2D eigenvalue weighted by atomic mass is 9.94. The number of fused-ring (bicyclic) bond motifs is 1. The van der Waals surface area contributed by atoms with Crippen LogP contribution in [0.15, 0.2) is 70.0 Å². The van der Waals surface area contributed by atoms with Crippen LogP contribution in [-0.4, -0.2) is 10.1 Å². The van der Waals surface area contributed by atoms with Gasteiger partial charge in [-0.1, -0.05) is 67.5 Å². The summed E-state index contributed by atoms with van der Waals surface area (Å²) in [6, 6.07) is 19.6. The van der Waals surface area contributed by atoms with E-state index >= 15 is 0 Å². The summed E-state index contributed by atoms with van der Waals surface area (Å²) in [6.45, 7) is 4.09. The van der Waals surface area contributed by atoms with E-state index in [0.717, 1.165) is 27.7 Å². The van der Waals surface area contributed by atoms with Crippen molar-refractivity contribution in [2.24, 2.45) is 0 Å². The van der Waals surface area contributed by atoms with Crippen molar-refractivity contribution in [3.05, 3.63) is 76.7 Å². The fourth-order valence-corrected chi connectivity index (χ4v) is 3.06. The standard InChI is InChI=1S/C21H18N2O2/c1-13(2)17-12-18(25-23-17)20-19(14-8-4-3-5-9-14)15-10-6-7-11-16(15)22-21(20)24/h3-13H,1-2H3,(H,22,24). The number of H-pyrrole nitrogens is 1. The topological polar surface area (TPSA) is 58.9 Å². The number of benzene rings is 2. The summed E-state index contributed by atoms with van der Waals surface area (Å²) >= 11 is 0. The summed E-state index contributed by atoms with van der Waals surface area (Å²) < 4.78 is 5.53. The van der Waals surface area contributed by atoms with Crippen LogP contribution in [0.4, 0.5) is 0 Å². The maximum atomic E-state index is 12.9. The maximum Gasteiger partial charge on any atom is 0.260 e. The smallest absolute Gasteiger partial charge is 0.260 e. The van der Waals surface area contributed by atoms with Gasteiger partial charge in [0.2, 0.25) is 0 Å². The molecule has 25 heavy (non-hydrogen) atoms. The van der Waals surface area contributed by atoms with Crippen molar-refractivity contribution in [3.63, 3.8) is 0 Å². The third-order valence-corrected chi connectivity index (χ3v) is 4.35. The molecule has 4 heteroatoms. The molecule has 0 saturated carbocycles. The molecule has 0 amide bonds. The molecule has 0 unspecified atom stereocenters. The zero-order valence-corrected chi connectivity index (χ0v) is 14.1. The zero-order valence-electron chi connectivity index (χ0n) is 14.1. The molecule has 0 aliphatic heterocycles. The van der Waals surface area contributed by atoms with Crippen LogP contribution in [-0.2, 0) is 0 Å². The van der Waals surface area contributed by atoms with Crippen LogP contribution in [0.3, 0.4) is 0 Å². The quantitative estimate of drug-likeness (QED) is 0.577. The summed E-state index contributed by atoms with van der Waals surface area (Å²) in [4.78, 5) is 15.8. The summed E-state index contributed by atoms with van der Waals surface area (Å²) in [7, 11) is 0. The van der Waals surface area contributed by atoms with Crippen LogP contribution in [0, 0.1) is 0 Å². The van der Waals surface area contributed by atoms with E-state index in [4.69, 9.17) is 4.52 Å². The van der Waals surface area contributed by atoms with Gasteiger partial charge in [0.25, 0.3) is 5.56 Å². The molecule has 0 radical (unpaired) electrons. The van der Waals surface area contributed by atoms with Gasteiger partial charge >= 0.3 is 0 Å². The summed E-state index contributed by atoms with van der Waals surface area (Å²) in [6.07, 6.45) is 0. The van der Waals surface area contributed by atoms with Crippen molar-refractivity contribution in [2.75, 3.05) is 0 Å². The number of hydrogen-bond donors (Lipinski definition) is 1. The second-order valence-electron chi connectivity index (χ2n) is 6.39. The fraction of sp³-hybridized carbons (Fsp3) is 0.143. The largest absolute Gasteiger partial charge is 0.356 e. The van der Waals surface area contributed by atoms with Crippen molar-refractivity contribution < 1.29 is 4.52 Å². The lowest BCUT2D eigenvalue weighted by molar-refractivity contribution is 0.419. The van der Waals surface area contributed by atoms with Gasteiger partial charge in [-0.3, -0.25) is 4.79 Å². The molecule has 0 bridgehead atoms. The second-order valence-corrected chi connectivity index (χ2v) is 6.39. The summed E-state index contributed by atoms with van der Waals surface area (Å²) in [5.74, 6) is 0.728. The Morgan fingerprint density at radius 2 is 1.68 bits per heavy atom. The number of rotatable bonds is 3. The molecule has 0 spiro atoms. The minimum atomic E-state index is -0.177. The van der Waals surface area contributed by atoms with Gasteiger partial charge in [0.05, 0.1) is 11.3 Å². The number of para-hydroxylation sites is 1. The van der Waals surface area contributed by atoms with Gasteiger partial charge < -0.3 is 9.51 Å². The molecule has 0 fully saturated rings. The van der Waals surface area contributed by atoms with Crippen LogP contribution < -0.4 is 5.56 Å². The molecular formula is C21H18N2O2. The van der Waals surface area contributed by atoms with Gasteiger partial charge in [-0.2, -0.15) is 0 Å². The Kier molecular flexibility index (Phi) is 3.73. The van der Waals surface area contributed by atoms with Crippen molar-refractivity contribution in [2.45, 2.75) is 19.8 Å². The SMILES string of the molecule is CC(C)c1cc(-c2c(-c3ccccc3)c3ccccc3[nH]c2=O)on1. The summed E-state index contributed by atoms with van der Waals surface area (Å²) in [5.41, 5.74) is 3.82. The molecular weight excluding hydrogens is 312 g/mol. The van der Waals surface area contributed by atoms with Gasteiger partial charge in [-0.15, -0.1) is 0 Å². The average Bonchev–Trinajstić information content (AvgIpc) is 3.11. The Labute approximate surface area is 145 Å². The van der Waals surface area contributed by atoms with Gasteiger partial charge in [0, 0.05) is 22.5 Å². The molecule has 4 rings (SSSR count). The van der Waals surface area contributed by atoms with Crippen LogP contribution in [0.25, 0.3) is 33.4 Å². The van der Waals surface area contributed by atoms with Crippen molar-refractivity contribution >= 4 is 10.9 Å². The first kappa shape index (κ1) is 15.4. The molecule has 0 atom stereocenters. The van der Waals surface area contributed by atoms with Crippen molar-refractivity contribution in [3.8, 4) is 22.5 Å². The van der Waals surface area contributed by atoms with E-state index in [1.807, 2.05) is 74.5 Å². The monoisotopic (exact) mass is 330 g/mol. The Balaban J connectivity index is 2.09. The first-order valence-corrected chi connectivity index (χ1v) is 8.32. The highest BCUT2D eigenvalue weighted by Crippen LogP contribution is 2.35. The van der Waals surface area contributed by atoms with Crippen molar-refractivity contribution in [1.29, 1.82) is 0 Å². The van der Waals surface area contributed by atoms with E-state index in [9.17, 15) is 4.79 Å². The number of hydrogen-bond acceptors (Lipinski definition) is 3. The maximum absolute atomic E-state index is 12.9. The zero-order chi connectivity index (χ0) is 17.4. The number of nitrogens with zero attached hydrogens (tertiary/aromatic N) is 1. The Bertz CT molecular complexity index is 1090. The third-order valence-electron chi connectivity index (χ3n) is 4.35. The van der Waals surface area contributed by atoms with E-state index in [1.165, 1.54) is 0 Å². The Morgan fingerprint density at radius 1 is 0.960 bits per heavy atom. The second kappa shape index (κ2) is 6.06. The molecule has 124 valence electrons. The molecule has 1 N–H and O–H groups in total. The average molecular weight is 330 g/mol. The van der Waals surface area contributed by atoms with Gasteiger partial charge in [0.1, 0.15) is 0 Å². The minimum Gasteiger partial charge on any atom is -0.356 e. The van der Waals surface area contributed by atoms with E-state index in [1.54, 1.807) is 0 Å².